The zero-order chi connectivity index (χ0) is 20.6. The number of fused-ring (bicyclic) bond motifs is 1. The Morgan fingerprint density at radius 2 is 1.93 bits per heavy atom. The van der Waals surface area contributed by atoms with Crippen LogP contribution in [0.2, 0.25) is 0 Å². The van der Waals surface area contributed by atoms with Crippen LogP contribution in [0, 0.1) is 0 Å². The van der Waals surface area contributed by atoms with Gasteiger partial charge in [0.25, 0.3) is 0 Å². The summed E-state index contributed by atoms with van der Waals surface area (Å²) in [5.74, 6) is 0.119. The second kappa shape index (κ2) is 8.01. The van der Waals surface area contributed by atoms with E-state index in [1.54, 1.807) is 0 Å². The SMILES string of the molecule is C[C@@H]1CN(CC(=O)N2CC(C)(C)c3ccc(S(=O)c4ccccc4)cc32)CCN1. The molecule has 1 saturated heterocycles. The Labute approximate surface area is 175 Å². The van der Waals surface area contributed by atoms with Gasteiger partial charge in [-0.15, -0.1) is 0 Å². The number of hydrogen-bond acceptors (Lipinski definition) is 4. The molecule has 0 aromatic heterocycles. The lowest BCUT2D eigenvalue weighted by molar-refractivity contribution is -0.120. The molecule has 0 spiro atoms. The minimum Gasteiger partial charge on any atom is -0.312 e. The normalized spacial score (nSPS) is 22.3. The van der Waals surface area contributed by atoms with Crippen LogP contribution >= 0.6 is 0 Å². The number of piperazine rings is 1. The van der Waals surface area contributed by atoms with Gasteiger partial charge in [0.2, 0.25) is 5.91 Å². The number of amides is 1. The fourth-order valence-electron chi connectivity index (χ4n) is 4.32. The van der Waals surface area contributed by atoms with Gasteiger partial charge in [-0.1, -0.05) is 38.1 Å². The topological polar surface area (TPSA) is 52.7 Å². The Hall–Kier alpha value is -2.02. The second-order valence-electron chi connectivity index (χ2n) is 8.71. The van der Waals surface area contributed by atoms with Gasteiger partial charge in [0.1, 0.15) is 0 Å². The summed E-state index contributed by atoms with van der Waals surface area (Å²) in [6, 6.07) is 15.8. The number of nitrogens with one attached hydrogen (secondary N) is 1. The van der Waals surface area contributed by atoms with Crippen molar-refractivity contribution in [3.8, 4) is 0 Å². The van der Waals surface area contributed by atoms with Crippen LogP contribution in [0.15, 0.2) is 58.3 Å². The summed E-state index contributed by atoms with van der Waals surface area (Å²) in [7, 11) is -1.26. The molecule has 2 aromatic carbocycles. The van der Waals surface area contributed by atoms with Crippen LogP contribution in [0.1, 0.15) is 26.3 Å². The highest BCUT2D eigenvalue weighted by Crippen LogP contribution is 2.41. The lowest BCUT2D eigenvalue weighted by atomic mass is 9.87. The fourth-order valence-corrected chi connectivity index (χ4v) is 5.41. The number of benzene rings is 2. The molecule has 1 fully saturated rings. The van der Waals surface area contributed by atoms with Gasteiger partial charge in [-0.2, -0.15) is 0 Å². The maximum atomic E-state index is 13.2. The molecular weight excluding hydrogens is 382 g/mol. The van der Waals surface area contributed by atoms with Crippen molar-refractivity contribution < 1.29 is 9.00 Å². The van der Waals surface area contributed by atoms with Crippen LogP contribution in [0.4, 0.5) is 5.69 Å². The minimum atomic E-state index is -1.26. The van der Waals surface area contributed by atoms with Gasteiger partial charge >= 0.3 is 0 Å². The van der Waals surface area contributed by atoms with Crippen LogP contribution in [0.25, 0.3) is 0 Å². The summed E-state index contributed by atoms with van der Waals surface area (Å²) in [5, 5.41) is 3.42. The molecule has 1 N–H and O–H groups in total. The third kappa shape index (κ3) is 4.15. The molecule has 2 aromatic rings. The van der Waals surface area contributed by atoms with Gasteiger partial charge in [-0.05, 0) is 36.8 Å². The first-order valence-electron chi connectivity index (χ1n) is 10.2. The van der Waals surface area contributed by atoms with Gasteiger partial charge in [-0.25, -0.2) is 4.21 Å². The van der Waals surface area contributed by atoms with E-state index in [1.165, 1.54) is 0 Å². The Bertz CT molecular complexity index is 929. The van der Waals surface area contributed by atoms with Gasteiger partial charge in [0, 0.05) is 53.1 Å². The minimum absolute atomic E-state index is 0.117. The monoisotopic (exact) mass is 411 g/mol. The highest BCUT2D eigenvalue weighted by atomic mass is 32.2. The first kappa shape index (κ1) is 20.3. The lowest BCUT2D eigenvalue weighted by Crippen LogP contribution is -2.52. The van der Waals surface area contributed by atoms with Crippen LogP contribution in [0.5, 0.6) is 0 Å². The third-order valence-electron chi connectivity index (χ3n) is 5.83. The molecule has 154 valence electrons. The molecule has 0 radical (unpaired) electrons. The summed E-state index contributed by atoms with van der Waals surface area (Å²) in [4.78, 5) is 18.8. The van der Waals surface area contributed by atoms with Crippen molar-refractivity contribution in [2.75, 3.05) is 37.6 Å². The van der Waals surface area contributed by atoms with Gasteiger partial charge < -0.3 is 10.2 Å². The number of rotatable bonds is 4. The molecule has 5 nitrogen and oxygen atoms in total. The molecule has 1 unspecified atom stereocenters. The number of hydrogen-bond donors (Lipinski definition) is 1. The Kier molecular flexibility index (Phi) is 5.60. The smallest absolute Gasteiger partial charge is 0.241 e. The van der Waals surface area contributed by atoms with E-state index in [2.05, 4.69) is 31.0 Å². The van der Waals surface area contributed by atoms with E-state index in [0.29, 0.717) is 19.1 Å². The van der Waals surface area contributed by atoms with E-state index in [4.69, 9.17) is 0 Å². The van der Waals surface area contributed by atoms with Crippen molar-refractivity contribution in [3.05, 3.63) is 54.1 Å². The zero-order valence-corrected chi connectivity index (χ0v) is 18.2. The molecule has 29 heavy (non-hydrogen) atoms. The largest absolute Gasteiger partial charge is 0.312 e. The van der Waals surface area contributed by atoms with Gasteiger partial charge in [-0.3, -0.25) is 9.69 Å². The molecule has 0 aliphatic carbocycles. The summed E-state index contributed by atoms with van der Waals surface area (Å²) in [6.45, 7) is 10.2. The third-order valence-corrected chi connectivity index (χ3v) is 7.21. The van der Waals surface area contributed by atoms with Crippen molar-refractivity contribution in [3.63, 3.8) is 0 Å². The predicted molar refractivity (Wildman–Crippen MR) is 117 cm³/mol. The quantitative estimate of drug-likeness (QED) is 0.841. The van der Waals surface area contributed by atoms with Crippen molar-refractivity contribution in [2.45, 2.75) is 42.0 Å². The predicted octanol–water partition coefficient (Wildman–Crippen LogP) is 2.77. The van der Waals surface area contributed by atoms with E-state index in [9.17, 15) is 9.00 Å². The maximum Gasteiger partial charge on any atom is 0.241 e. The molecule has 2 atom stereocenters. The lowest BCUT2D eigenvalue weighted by Gasteiger charge is -2.32. The van der Waals surface area contributed by atoms with Gasteiger partial charge in [0.15, 0.2) is 0 Å². The molecular formula is C23H29N3O2S. The fraction of sp³-hybridized carbons (Fsp3) is 0.435. The van der Waals surface area contributed by atoms with Crippen molar-refractivity contribution >= 4 is 22.4 Å². The number of carbonyl (C=O) groups excluding carboxylic acids is 1. The van der Waals surface area contributed by atoms with Crippen molar-refractivity contribution in [1.29, 1.82) is 0 Å². The number of carbonyl (C=O) groups is 1. The first-order chi connectivity index (χ1) is 13.8. The molecule has 4 rings (SSSR count). The van der Waals surface area contributed by atoms with E-state index in [-0.39, 0.29) is 11.3 Å². The maximum absolute atomic E-state index is 13.2. The first-order valence-corrected chi connectivity index (χ1v) is 11.4. The summed E-state index contributed by atoms with van der Waals surface area (Å²) in [5.41, 5.74) is 1.94. The number of anilines is 1. The van der Waals surface area contributed by atoms with Crippen LogP contribution in [-0.2, 0) is 21.0 Å². The average Bonchev–Trinajstić information content (AvgIpc) is 2.99. The Morgan fingerprint density at radius 1 is 1.17 bits per heavy atom. The molecule has 2 aliphatic heterocycles. The summed E-state index contributed by atoms with van der Waals surface area (Å²) < 4.78 is 13.0. The molecule has 2 heterocycles. The molecule has 2 aliphatic rings. The standard InChI is InChI=1S/C23H29N3O2S/c1-17-14-25(12-11-24-17)15-22(27)26-16-23(2,3)20-10-9-19(13-21(20)26)29(28)18-7-5-4-6-8-18/h4-10,13,17,24H,11-12,14-16H2,1-3H3/t17-,29?/m1/s1. The van der Waals surface area contributed by atoms with Crippen molar-refractivity contribution in [2.24, 2.45) is 0 Å². The molecule has 0 saturated carbocycles. The zero-order valence-electron chi connectivity index (χ0n) is 17.4. The van der Waals surface area contributed by atoms with Crippen LogP contribution in [-0.4, -0.2) is 53.8 Å². The van der Waals surface area contributed by atoms with Crippen LogP contribution in [0.3, 0.4) is 0 Å². The Morgan fingerprint density at radius 3 is 2.66 bits per heavy atom. The van der Waals surface area contributed by atoms with E-state index < -0.39 is 10.8 Å². The molecule has 0 bridgehead atoms. The summed E-state index contributed by atoms with van der Waals surface area (Å²) in [6.07, 6.45) is 0. The Balaban J connectivity index is 1.60. The van der Waals surface area contributed by atoms with Crippen molar-refractivity contribution in [1.82, 2.24) is 10.2 Å². The average molecular weight is 412 g/mol. The van der Waals surface area contributed by atoms with E-state index in [1.807, 2.05) is 53.4 Å². The van der Waals surface area contributed by atoms with Crippen LogP contribution < -0.4 is 10.2 Å². The highest BCUT2D eigenvalue weighted by molar-refractivity contribution is 7.85. The van der Waals surface area contributed by atoms with Gasteiger partial charge in [0.05, 0.1) is 17.3 Å². The molecule has 6 heteroatoms. The number of nitrogens with zero attached hydrogens (tertiary/aromatic N) is 2. The highest BCUT2D eigenvalue weighted by Gasteiger charge is 2.38. The summed E-state index contributed by atoms with van der Waals surface area (Å²) >= 11 is 0. The second-order valence-corrected chi connectivity index (χ2v) is 10.2. The van der Waals surface area contributed by atoms with E-state index >= 15 is 0 Å². The van der Waals surface area contributed by atoms with E-state index in [0.717, 1.165) is 40.7 Å². The molecule has 1 amide bonds.